The number of rotatable bonds is 7. The molecule has 1 amide bonds. The Morgan fingerprint density at radius 1 is 1.12 bits per heavy atom. The lowest BCUT2D eigenvalue weighted by atomic mass is 9.89. The molecule has 0 bridgehead atoms. The summed E-state index contributed by atoms with van der Waals surface area (Å²) in [6, 6.07) is 5.72. The molecule has 1 atom stereocenters. The molecule has 24 heavy (non-hydrogen) atoms. The van der Waals surface area contributed by atoms with E-state index in [4.69, 9.17) is 5.11 Å². The summed E-state index contributed by atoms with van der Waals surface area (Å²) in [5, 5.41) is 20.6. The van der Waals surface area contributed by atoms with Gasteiger partial charge >= 0.3 is 5.97 Å². The van der Waals surface area contributed by atoms with Crippen molar-refractivity contribution in [3.05, 3.63) is 34.9 Å². The van der Waals surface area contributed by atoms with Crippen LogP contribution in [0, 0.1) is 0 Å². The third kappa shape index (κ3) is 4.64. The molecule has 130 valence electrons. The lowest BCUT2D eigenvalue weighted by molar-refractivity contribution is -0.156. The monoisotopic (exact) mass is 333 g/mol. The minimum Gasteiger partial charge on any atom is -0.479 e. The number of hydrogen-bond donors (Lipinski definition) is 3. The second-order valence-corrected chi connectivity index (χ2v) is 6.47. The molecule has 1 aliphatic carbocycles. The normalized spacial score (nSPS) is 15.9. The molecule has 1 unspecified atom stereocenters. The van der Waals surface area contributed by atoms with E-state index in [0.717, 1.165) is 26.2 Å². The van der Waals surface area contributed by atoms with Gasteiger partial charge in [-0.15, -0.1) is 0 Å². The van der Waals surface area contributed by atoms with Crippen LogP contribution in [0.1, 0.15) is 54.1 Å². The van der Waals surface area contributed by atoms with Crippen LogP contribution in [0.15, 0.2) is 18.2 Å². The summed E-state index contributed by atoms with van der Waals surface area (Å²) in [6.45, 7) is 0.710. The van der Waals surface area contributed by atoms with Crippen molar-refractivity contribution in [2.24, 2.45) is 0 Å². The fraction of sp³-hybridized carbons (Fsp3) is 0.500. The molecule has 2 rings (SSSR count). The van der Waals surface area contributed by atoms with E-state index in [1.54, 1.807) is 6.07 Å². The van der Waals surface area contributed by atoms with E-state index in [1.807, 2.05) is 12.1 Å². The van der Waals surface area contributed by atoms with Crippen molar-refractivity contribution in [2.45, 2.75) is 51.0 Å². The van der Waals surface area contributed by atoms with Gasteiger partial charge in [-0.2, -0.15) is 0 Å². The summed E-state index contributed by atoms with van der Waals surface area (Å²) >= 11 is 0. The number of fused-ring (bicyclic) bond motifs is 1. The topological polar surface area (TPSA) is 104 Å². The third-order valence-electron chi connectivity index (χ3n) is 4.34. The van der Waals surface area contributed by atoms with Crippen molar-refractivity contribution >= 4 is 17.7 Å². The van der Waals surface area contributed by atoms with Crippen LogP contribution in [0.5, 0.6) is 0 Å². The Morgan fingerprint density at radius 3 is 2.46 bits per heavy atom. The molecule has 0 aromatic heterocycles. The highest BCUT2D eigenvalue weighted by Crippen LogP contribution is 2.22. The van der Waals surface area contributed by atoms with Crippen LogP contribution in [-0.2, 0) is 22.4 Å². The first-order valence-corrected chi connectivity index (χ1v) is 8.17. The standard InChI is InChI=1S/C18H23NO5/c1-18(24,17(22)23)11-19-16(21)9-8-15(20)14-7-6-12-4-2-3-5-13(12)10-14/h6-7,10,24H,2-5,8-9,11H2,1H3,(H,19,21)(H,22,23). The molecule has 0 aliphatic heterocycles. The Morgan fingerprint density at radius 2 is 1.79 bits per heavy atom. The number of aryl methyl sites for hydroxylation is 2. The van der Waals surface area contributed by atoms with Crippen LogP contribution in [0.3, 0.4) is 0 Å². The minimum absolute atomic E-state index is 0.0361. The Hall–Kier alpha value is -2.21. The molecule has 0 fully saturated rings. The highest BCUT2D eigenvalue weighted by atomic mass is 16.4. The van der Waals surface area contributed by atoms with Crippen molar-refractivity contribution in [3.63, 3.8) is 0 Å². The Balaban J connectivity index is 1.84. The molecular formula is C18H23NO5. The highest BCUT2D eigenvalue weighted by molar-refractivity contribution is 5.98. The number of carbonyl (C=O) groups excluding carboxylic acids is 2. The summed E-state index contributed by atoms with van der Waals surface area (Å²) in [5.41, 5.74) is 1.11. The van der Waals surface area contributed by atoms with Gasteiger partial charge in [0.05, 0.1) is 6.54 Å². The smallest absolute Gasteiger partial charge is 0.337 e. The van der Waals surface area contributed by atoms with Gasteiger partial charge < -0.3 is 15.5 Å². The predicted molar refractivity (Wildman–Crippen MR) is 87.9 cm³/mol. The van der Waals surface area contributed by atoms with E-state index >= 15 is 0 Å². The first-order valence-electron chi connectivity index (χ1n) is 8.17. The first-order chi connectivity index (χ1) is 11.3. The van der Waals surface area contributed by atoms with E-state index in [9.17, 15) is 19.5 Å². The van der Waals surface area contributed by atoms with Gasteiger partial charge in [-0.3, -0.25) is 9.59 Å². The Kier molecular flexibility index (Phi) is 5.72. The molecule has 0 radical (unpaired) electrons. The number of aliphatic hydroxyl groups is 1. The zero-order chi connectivity index (χ0) is 17.7. The fourth-order valence-corrected chi connectivity index (χ4v) is 2.71. The van der Waals surface area contributed by atoms with Gasteiger partial charge in [0.25, 0.3) is 0 Å². The quantitative estimate of drug-likeness (QED) is 0.656. The average molecular weight is 333 g/mol. The maximum absolute atomic E-state index is 12.2. The molecule has 6 nitrogen and oxygen atoms in total. The van der Waals surface area contributed by atoms with Gasteiger partial charge in [-0.25, -0.2) is 4.79 Å². The van der Waals surface area contributed by atoms with E-state index in [2.05, 4.69) is 5.32 Å². The van der Waals surface area contributed by atoms with Crippen LogP contribution >= 0.6 is 0 Å². The maximum Gasteiger partial charge on any atom is 0.337 e. The van der Waals surface area contributed by atoms with Crippen molar-refractivity contribution in [1.29, 1.82) is 0 Å². The molecule has 3 N–H and O–H groups in total. The second-order valence-electron chi connectivity index (χ2n) is 6.47. The highest BCUT2D eigenvalue weighted by Gasteiger charge is 2.30. The minimum atomic E-state index is -2.02. The number of benzene rings is 1. The number of carboxylic acid groups (broad SMARTS) is 1. The van der Waals surface area contributed by atoms with Gasteiger partial charge in [-0.05, 0) is 49.8 Å². The van der Waals surface area contributed by atoms with Crippen molar-refractivity contribution in [3.8, 4) is 0 Å². The van der Waals surface area contributed by atoms with Crippen molar-refractivity contribution in [1.82, 2.24) is 5.32 Å². The van der Waals surface area contributed by atoms with Gasteiger partial charge in [0.2, 0.25) is 5.91 Å². The zero-order valence-corrected chi connectivity index (χ0v) is 13.8. The van der Waals surface area contributed by atoms with Crippen LogP contribution in [0.2, 0.25) is 0 Å². The molecule has 1 aromatic carbocycles. The Bertz CT molecular complexity index is 651. The van der Waals surface area contributed by atoms with Crippen LogP contribution in [-0.4, -0.2) is 40.0 Å². The van der Waals surface area contributed by atoms with Crippen LogP contribution in [0.4, 0.5) is 0 Å². The van der Waals surface area contributed by atoms with Crippen LogP contribution in [0.25, 0.3) is 0 Å². The molecule has 1 aromatic rings. The molecule has 1 aliphatic rings. The van der Waals surface area contributed by atoms with E-state index in [-0.39, 0.29) is 18.6 Å². The van der Waals surface area contributed by atoms with Gasteiger partial charge in [0, 0.05) is 18.4 Å². The average Bonchev–Trinajstić information content (AvgIpc) is 2.57. The molecule has 0 saturated carbocycles. The predicted octanol–water partition coefficient (Wildman–Crippen LogP) is 1.48. The summed E-state index contributed by atoms with van der Waals surface area (Å²) < 4.78 is 0. The van der Waals surface area contributed by atoms with E-state index < -0.39 is 24.0 Å². The number of amides is 1. The maximum atomic E-state index is 12.2. The van der Waals surface area contributed by atoms with E-state index in [0.29, 0.717) is 5.56 Å². The number of carboxylic acids is 1. The molecule has 6 heteroatoms. The molecule has 0 saturated heterocycles. The lowest BCUT2D eigenvalue weighted by Gasteiger charge is -2.18. The Labute approximate surface area is 140 Å². The number of nitrogens with one attached hydrogen (secondary N) is 1. The number of hydrogen-bond acceptors (Lipinski definition) is 4. The third-order valence-corrected chi connectivity index (χ3v) is 4.34. The zero-order valence-electron chi connectivity index (χ0n) is 13.8. The van der Waals surface area contributed by atoms with Crippen LogP contribution < -0.4 is 5.32 Å². The number of ketones is 1. The first kappa shape index (κ1) is 18.1. The summed E-state index contributed by atoms with van der Waals surface area (Å²) in [6.07, 6.45) is 4.37. The summed E-state index contributed by atoms with van der Waals surface area (Å²) in [4.78, 5) is 34.7. The molecule has 0 spiro atoms. The number of Topliss-reactive ketones (excluding diaryl/α,β-unsaturated/α-hetero) is 1. The fourth-order valence-electron chi connectivity index (χ4n) is 2.71. The molecule has 0 heterocycles. The summed E-state index contributed by atoms with van der Waals surface area (Å²) in [5.74, 6) is -1.97. The van der Waals surface area contributed by atoms with Gasteiger partial charge in [-0.1, -0.05) is 12.1 Å². The van der Waals surface area contributed by atoms with Crippen molar-refractivity contribution in [2.75, 3.05) is 6.54 Å². The van der Waals surface area contributed by atoms with Gasteiger partial charge in [0.1, 0.15) is 0 Å². The summed E-state index contributed by atoms with van der Waals surface area (Å²) in [7, 11) is 0. The largest absolute Gasteiger partial charge is 0.479 e. The van der Waals surface area contributed by atoms with Gasteiger partial charge in [0.15, 0.2) is 11.4 Å². The lowest BCUT2D eigenvalue weighted by Crippen LogP contribution is -2.46. The van der Waals surface area contributed by atoms with Crippen molar-refractivity contribution < 1.29 is 24.6 Å². The number of aliphatic carboxylic acids is 1. The molecular weight excluding hydrogens is 310 g/mol. The second kappa shape index (κ2) is 7.57. The van der Waals surface area contributed by atoms with E-state index in [1.165, 1.54) is 17.5 Å². The SMILES string of the molecule is CC(O)(CNC(=O)CCC(=O)c1ccc2c(c1)CCCC2)C(=O)O. The number of carbonyl (C=O) groups is 3.